The van der Waals surface area contributed by atoms with Crippen LogP contribution in [-0.4, -0.2) is 30.4 Å². The summed E-state index contributed by atoms with van der Waals surface area (Å²) < 4.78 is 0.808. The number of rotatable bonds is 4. The quantitative estimate of drug-likeness (QED) is 0.922. The molecule has 98 valence electrons. The van der Waals surface area contributed by atoms with Gasteiger partial charge in [0.15, 0.2) is 0 Å². The topological polar surface area (TPSA) is 46.3 Å². The first kappa shape index (κ1) is 13.8. The molecule has 1 fully saturated rings. The fraction of sp³-hybridized carbons (Fsp3) is 0.462. The Morgan fingerprint density at radius 1 is 1.56 bits per heavy atom. The summed E-state index contributed by atoms with van der Waals surface area (Å²) in [6.07, 6.45) is 2.33. The van der Waals surface area contributed by atoms with Gasteiger partial charge >= 0.3 is 0 Å². The molecule has 0 bridgehead atoms. The number of amides is 1. The lowest BCUT2D eigenvalue weighted by molar-refractivity contribution is 0.0718. The average molecular weight is 332 g/mol. The number of hydrogen-bond donors (Lipinski definition) is 1. The number of nitrogens with zero attached hydrogens (tertiary/aromatic N) is 1. The van der Waals surface area contributed by atoms with Gasteiger partial charge in [-0.15, -0.1) is 0 Å². The number of carbonyl (C=O) groups is 1. The molecule has 1 saturated carbocycles. The van der Waals surface area contributed by atoms with Gasteiger partial charge < -0.3 is 10.6 Å². The fourth-order valence-electron chi connectivity index (χ4n) is 2.18. The summed E-state index contributed by atoms with van der Waals surface area (Å²) in [5, 5.41) is 0.553. The molecule has 1 unspecified atom stereocenters. The van der Waals surface area contributed by atoms with E-state index >= 15 is 0 Å². The van der Waals surface area contributed by atoms with E-state index in [2.05, 4.69) is 15.9 Å². The lowest BCUT2D eigenvalue weighted by Crippen LogP contribution is -2.43. The van der Waals surface area contributed by atoms with Crippen LogP contribution >= 0.6 is 27.5 Å². The van der Waals surface area contributed by atoms with E-state index in [1.807, 2.05) is 7.05 Å². The van der Waals surface area contributed by atoms with Crippen molar-refractivity contribution in [3.63, 3.8) is 0 Å². The van der Waals surface area contributed by atoms with Crippen LogP contribution in [-0.2, 0) is 0 Å². The summed E-state index contributed by atoms with van der Waals surface area (Å²) in [5.74, 6) is 0.534. The second-order valence-electron chi connectivity index (χ2n) is 4.71. The van der Waals surface area contributed by atoms with E-state index in [-0.39, 0.29) is 11.9 Å². The van der Waals surface area contributed by atoms with Crippen molar-refractivity contribution in [2.24, 2.45) is 11.7 Å². The van der Waals surface area contributed by atoms with Crippen molar-refractivity contribution >= 4 is 33.4 Å². The average Bonchev–Trinajstić information content (AvgIpc) is 3.12. The second-order valence-corrected chi connectivity index (χ2v) is 6.07. The van der Waals surface area contributed by atoms with E-state index in [9.17, 15) is 4.79 Å². The first-order chi connectivity index (χ1) is 8.52. The second kappa shape index (κ2) is 5.59. The van der Waals surface area contributed by atoms with Gasteiger partial charge in [0.2, 0.25) is 0 Å². The third-order valence-electron chi connectivity index (χ3n) is 3.33. The highest BCUT2D eigenvalue weighted by atomic mass is 79.9. The number of likely N-dealkylation sites (N-methyl/N-ethyl adjacent to an activating group) is 1. The third kappa shape index (κ3) is 3.05. The van der Waals surface area contributed by atoms with Crippen LogP contribution in [0.2, 0.25) is 5.02 Å². The molecule has 1 amide bonds. The van der Waals surface area contributed by atoms with Crippen LogP contribution in [0.3, 0.4) is 0 Å². The number of carbonyl (C=O) groups excluding carboxylic acids is 1. The summed E-state index contributed by atoms with van der Waals surface area (Å²) >= 11 is 9.31. The van der Waals surface area contributed by atoms with Gasteiger partial charge in [-0.1, -0.05) is 27.5 Å². The smallest absolute Gasteiger partial charge is 0.253 e. The molecule has 0 aliphatic heterocycles. The zero-order chi connectivity index (χ0) is 13.3. The number of hydrogen-bond acceptors (Lipinski definition) is 2. The zero-order valence-electron chi connectivity index (χ0n) is 10.2. The fourth-order valence-corrected chi connectivity index (χ4v) is 3.04. The highest BCUT2D eigenvalue weighted by molar-refractivity contribution is 9.10. The Labute approximate surface area is 120 Å². The summed E-state index contributed by atoms with van der Waals surface area (Å²) in [6, 6.07) is 5.37. The van der Waals surface area contributed by atoms with E-state index < -0.39 is 0 Å². The Kier molecular flexibility index (Phi) is 4.30. The minimum atomic E-state index is -0.0273. The van der Waals surface area contributed by atoms with E-state index in [4.69, 9.17) is 17.3 Å². The van der Waals surface area contributed by atoms with Gasteiger partial charge in [-0.2, -0.15) is 0 Å². The molecule has 2 N–H and O–H groups in total. The van der Waals surface area contributed by atoms with Crippen LogP contribution in [0.5, 0.6) is 0 Å². The molecule has 18 heavy (non-hydrogen) atoms. The van der Waals surface area contributed by atoms with Crippen molar-refractivity contribution in [3.8, 4) is 0 Å². The molecule has 0 heterocycles. The lowest BCUT2D eigenvalue weighted by atomic mass is 10.1. The Morgan fingerprint density at radius 3 is 2.72 bits per heavy atom. The van der Waals surface area contributed by atoms with E-state index in [1.165, 1.54) is 12.8 Å². The molecular weight excluding hydrogens is 316 g/mol. The minimum Gasteiger partial charge on any atom is -0.337 e. The first-order valence-corrected chi connectivity index (χ1v) is 7.13. The number of halogens is 2. The molecule has 1 aliphatic rings. The van der Waals surface area contributed by atoms with Crippen molar-refractivity contribution in [3.05, 3.63) is 33.3 Å². The van der Waals surface area contributed by atoms with Gasteiger partial charge in [-0.05, 0) is 37.0 Å². The number of benzene rings is 1. The van der Waals surface area contributed by atoms with Crippen molar-refractivity contribution in [2.75, 3.05) is 13.6 Å². The van der Waals surface area contributed by atoms with Crippen LogP contribution in [0.25, 0.3) is 0 Å². The molecule has 0 radical (unpaired) electrons. The molecule has 3 nitrogen and oxygen atoms in total. The van der Waals surface area contributed by atoms with E-state index in [1.54, 1.807) is 23.1 Å². The summed E-state index contributed by atoms with van der Waals surface area (Å²) in [7, 11) is 1.81. The molecule has 0 saturated heterocycles. The minimum absolute atomic E-state index is 0.0273. The Bertz CT molecular complexity index is 442. The first-order valence-electron chi connectivity index (χ1n) is 5.96. The molecule has 1 aromatic rings. The van der Waals surface area contributed by atoms with Gasteiger partial charge in [0, 0.05) is 34.7 Å². The van der Waals surface area contributed by atoms with E-state index in [0.717, 1.165) is 4.47 Å². The maximum absolute atomic E-state index is 12.4. The molecule has 0 aromatic heterocycles. The van der Waals surface area contributed by atoms with Gasteiger partial charge in [0.05, 0.1) is 0 Å². The number of nitrogens with two attached hydrogens (primary N) is 1. The third-order valence-corrected chi connectivity index (χ3v) is 4.01. The van der Waals surface area contributed by atoms with Crippen LogP contribution in [0.1, 0.15) is 23.2 Å². The Morgan fingerprint density at radius 2 is 2.22 bits per heavy atom. The summed E-state index contributed by atoms with van der Waals surface area (Å²) in [6.45, 7) is 0.509. The molecule has 0 spiro atoms. The molecular formula is C13H16BrClN2O. The van der Waals surface area contributed by atoms with Crippen molar-refractivity contribution in [1.29, 1.82) is 0 Å². The summed E-state index contributed by atoms with van der Waals surface area (Å²) in [4.78, 5) is 14.1. The molecule has 2 rings (SSSR count). The Hall–Kier alpha value is -0.580. The Balaban J connectivity index is 2.18. The van der Waals surface area contributed by atoms with Crippen molar-refractivity contribution < 1.29 is 4.79 Å². The largest absolute Gasteiger partial charge is 0.337 e. The van der Waals surface area contributed by atoms with Crippen LogP contribution < -0.4 is 5.73 Å². The molecule has 5 heteroatoms. The van der Waals surface area contributed by atoms with Crippen molar-refractivity contribution in [2.45, 2.75) is 18.9 Å². The molecule has 1 aromatic carbocycles. The lowest BCUT2D eigenvalue weighted by Gasteiger charge is -2.27. The van der Waals surface area contributed by atoms with Crippen LogP contribution in [0.4, 0.5) is 0 Å². The SMILES string of the molecule is CN(C(=O)c1cc(Cl)cc(Br)c1)C(CN)C1CC1. The standard InChI is InChI=1S/C13H16BrClN2O/c1-17(12(7-16)8-2-3-8)13(18)9-4-10(14)6-11(15)5-9/h4-6,8,12H,2-3,7,16H2,1H3. The van der Waals surface area contributed by atoms with Gasteiger partial charge in [-0.3, -0.25) is 4.79 Å². The molecule has 1 aliphatic carbocycles. The molecule has 1 atom stereocenters. The van der Waals surface area contributed by atoms with Crippen LogP contribution in [0, 0.1) is 5.92 Å². The maximum Gasteiger partial charge on any atom is 0.253 e. The highest BCUT2D eigenvalue weighted by Gasteiger charge is 2.35. The maximum atomic E-state index is 12.4. The van der Waals surface area contributed by atoms with Gasteiger partial charge in [0.25, 0.3) is 5.91 Å². The summed E-state index contributed by atoms with van der Waals surface area (Å²) in [5.41, 5.74) is 6.35. The normalized spacial score (nSPS) is 16.4. The van der Waals surface area contributed by atoms with Crippen molar-refractivity contribution in [1.82, 2.24) is 4.90 Å². The predicted octanol–water partition coefficient (Wildman–Crippen LogP) is 2.91. The zero-order valence-corrected chi connectivity index (χ0v) is 12.5. The van der Waals surface area contributed by atoms with Gasteiger partial charge in [0.1, 0.15) is 0 Å². The van der Waals surface area contributed by atoms with Gasteiger partial charge in [-0.25, -0.2) is 0 Å². The van der Waals surface area contributed by atoms with E-state index in [0.29, 0.717) is 23.0 Å². The monoisotopic (exact) mass is 330 g/mol. The predicted molar refractivity (Wildman–Crippen MR) is 76.8 cm³/mol. The highest BCUT2D eigenvalue weighted by Crippen LogP contribution is 2.35. The van der Waals surface area contributed by atoms with Crippen LogP contribution in [0.15, 0.2) is 22.7 Å².